The first-order valence-corrected chi connectivity index (χ1v) is 13.5. The molecule has 0 fully saturated rings. The van der Waals surface area contributed by atoms with Crippen molar-refractivity contribution in [1.29, 1.82) is 0 Å². The molecule has 206 valence electrons. The second-order valence-electron chi connectivity index (χ2n) is 8.65. The van der Waals surface area contributed by atoms with Gasteiger partial charge in [-0.05, 0) is 73.9 Å². The van der Waals surface area contributed by atoms with Gasteiger partial charge in [0.25, 0.3) is 5.91 Å². The fraction of sp³-hybridized carbons (Fsp3) is 0.194. The van der Waals surface area contributed by atoms with Crippen LogP contribution in [0, 0.1) is 12.7 Å². The van der Waals surface area contributed by atoms with E-state index in [0.717, 1.165) is 22.9 Å². The summed E-state index contributed by atoms with van der Waals surface area (Å²) in [4.78, 5) is 30.1. The first kappa shape index (κ1) is 28.6. The number of hydrogen-bond donors (Lipinski definition) is 1. The number of rotatable bonds is 9. The van der Waals surface area contributed by atoms with Crippen molar-refractivity contribution in [3.63, 3.8) is 0 Å². The number of aryl methyl sites for hydroxylation is 1. The molecule has 1 amide bonds. The van der Waals surface area contributed by atoms with Gasteiger partial charge in [-0.15, -0.1) is 0 Å². The molecule has 3 aromatic carbocycles. The van der Waals surface area contributed by atoms with E-state index < -0.39 is 11.9 Å². The molecule has 0 unspecified atom stereocenters. The van der Waals surface area contributed by atoms with Crippen molar-refractivity contribution in [2.45, 2.75) is 27.4 Å². The summed E-state index contributed by atoms with van der Waals surface area (Å²) in [7, 11) is 0. The second kappa shape index (κ2) is 13.1. The Morgan fingerprint density at radius 3 is 2.42 bits per heavy atom. The molecule has 0 saturated carbocycles. The van der Waals surface area contributed by atoms with E-state index in [-0.39, 0.29) is 35.4 Å². The topological polar surface area (TPSA) is 94.4 Å². The van der Waals surface area contributed by atoms with Gasteiger partial charge >= 0.3 is 5.97 Å². The van der Waals surface area contributed by atoms with Crippen LogP contribution in [0.3, 0.4) is 0 Å². The van der Waals surface area contributed by atoms with Gasteiger partial charge in [0.2, 0.25) is 0 Å². The third-order valence-corrected chi connectivity index (χ3v) is 6.84. The molecule has 0 spiro atoms. The van der Waals surface area contributed by atoms with Crippen LogP contribution in [0.2, 0.25) is 0 Å². The van der Waals surface area contributed by atoms with Gasteiger partial charge in [0, 0.05) is 5.56 Å². The van der Waals surface area contributed by atoms with E-state index in [4.69, 9.17) is 14.2 Å². The summed E-state index contributed by atoms with van der Waals surface area (Å²) in [6, 6.07) is 18.2. The van der Waals surface area contributed by atoms with Crippen molar-refractivity contribution in [1.82, 2.24) is 0 Å². The monoisotopic (exact) mass is 561 g/mol. The van der Waals surface area contributed by atoms with Crippen LogP contribution in [-0.4, -0.2) is 35.2 Å². The molecule has 0 saturated heterocycles. The highest BCUT2D eigenvalue weighted by Crippen LogP contribution is 2.40. The molecule has 1 aliphatic rings. The second-order valence-corrected chi connectivity index (χ2v) is 9.68. The molecular formula is C31H28FNO6S. The van der Waals surface area contributed by atoms with Crippen molar-refractivity contribution in [2.24, 2.45) is 4.99 Å². The highest BCUT2D eigenvalue weighted by molar-refractivity contribution is 8.18. The average Bonchev–Trinajstić information content (AvgIpc) is 3.23. The van der Waals surface area contributed by atoms with Crippen LogP contribution < -0.4 is 9.47 Å². The predicted octanol–water partition coefficient (Wildman–Crippen LogP) is 6.81. The van der Waals surface area contributed by atoms with Gasteiger partial charge in [-0.25, -0.2) is 14.2 Å². The molecule has 1 aliphatic heterocycles. The smallest absolute Gasteiger partial charge is 0.344 e. The molecule has 1 N–H and O–H groups in total. The number of thioether (sulfide) groups is 1. The Hall–Kier alpha value is -4.37. The van der Waals surface area contributed by atoms with Crippen LogP contribution >= 0.6 is 11.8 Å². The summed E-state index contributed by atoms with van der Waals surface area (Å²) in [6.45, 7) is 5.99. The molecule has 0 aliphatic carbocycles. The minimum absolute atomic E-state index is 0.0553. The maximum atomic E-state index is 13.2. The van der Waals surface area contributed by atoms with Crippen LogP contribution in [0.5, 0.6) is 11.5 Å². The number of benzene rings is 3. The lowest BCUT2D eigenvalue weighted by Crippen LogP contribution is -2.14. The molecule has 0 aromatic heterocycles. The number of ether oxygens (including phenoxy) is 3. The van der Waals surface area contributed by atoms with Gasteiger partial charge in [0.1, 0.15) is 28.8 Å². The first-order valence-electron chi connectivity index (χ1n) is 12.6. The SMILES string of the molecule is CCOC(=O)C1=C(O)/C(=C/c2ccc(OCc3ccc(F)cc3)c(OCC)c2)SC1=NC(=O)c1ccccc1C. The molecule has 4 rings (SSSR count). The van der Waals surface area contributed by atoms with Crippen molar-refractivity contribution < 1.29 is 33.3 Å². The lowest BCUT2D eigenvalue weighted by molar-refractivity contribution is -0.138. The maximum absolute atomic E-state index is 13.2. The molecule has 0 atom stereocenters. The van der Waals surface area contributed by atoms with Crippen molar-refractivity contribution in [2.75, 3.05) is 13.2 Å². The summed E-state index contributed by atoms with van der Waals surface area (Å²) in [5, 5.41) is 11.0. The molecule has 40 heavy (non-hydrogen) atoms. The van der Waals surface area contributed by atoms with E-state index in [1.54, 1.807) is 68.5 Å². The first-order chi connectivity index (χ1) is 19.3. The van der Waals surface area contributed by atoms with Gasteiger partial charge in [-0.2, -0.15) is 0 Å². The average molecular weight is 562 g/mol. The zero-order valence-electron chi connectivity index (χ0n) is 22.3. The van der Waals surface area contributed by atoms with E-state index in [0.29, 0.717) is 34.1 Å². The van der Waals surface area contributed by atoms with Gasteiger partial charge < -0.3 is 19.3 Å². The largest absolute Gasteiger partial charge is 0.506 e. The maximum Gasteiger partial charge on any atom is 0.344 e. The molecule has 3 aromatic rings. The zero-order chi connectivity index (χ0) is 28.6. The predicted molar refractivity (Wildman–Crippen MR) is 153 cm³/mol. The number of hydrogen-bond acceptors (Lipinski definition) is 7. The highest BCUT2D eigenvalue weighted by atomic mass is 32.2. The highest BCUT2D eigenvalue weighted by Gasteiger charge is 2.34. The Morgan fingerprint density at radius 1 is 0.975 bits per heavy atom. The number of aliphatic hydroxyl groups excluding tert-OH is 1. The number of aliphatic imine (C=N–C) groups is 1. The zero-order valence-corrected chi connectivity index (χ0v) is 23.1. The van der Waals surface area contributed by atoms with Crippen molar-refractivity contribution >= 4 is 34.8 Å². The van der Waals surface area contributed by atoms with E-state index >= 15 is 0 Å². The Labute approximate surface area is 236 Å². The normalized spacial score (nSPS) is 15.0. The lowest BCUT2D eigenvalue weighted by Gasteiger charge is -2.13. The van der Waals surface area contributed by atoms with E-state index in [1.807, 2.05) is 13.0 Å². The van der Waals surface area contributed by atoms with E-state index in [9.17, 15) is 19.1 Å². The van der Waals surface area contributed by atoms with Crippen LogP contribution in [0.4, 0.5) is 4.39 Å². The number of aliphatic hydroxyl groups is 1. The van der Waals surface area contributed by atoms with E-state index in [1.165, 1.54) is 12.1 Å². The Kier molecular flexibility index (Phi) is 9.39. The summed E-state index contributed by atoms with van der Waals surface area (Å²) in [5.41, 5.74) is 2.43. The van der Waals surface area contributed by atoms with E-state index in [2.05, 4.69) is 4.99 Å². The molecular weight excluding hydrogens is 533 g/mol. The lowest BCUT2D eigenvalue weighted by atomic mass is 10.1. The van der Waals surface area contributed by atoms with Crippen LogP contribution in [0.1, 0.15) is 40.9 Å². The summed E-state index contributed by atoms with van der Waals surface area (Å²) in [6.07, 6.45) is 1.66. The third-order valence-electron chi connectivity index (χ3n) is 5.82. The number of nitrogens with zero attached hydrogens (tertiary/aromatic N) is 1. The Bertz CT molecular complexity index is 1510. The fourth-order valence-corrected chi connectivity index (χ4v) is 4.86. The van der Waals surface area contributed by atoms with Crippen LogP contribution in [-0.2, 0) is 16.1 Å². The third kappa shape index (κ3) is 6.79. The molecule has 7 nitrogen and oxygen atoms in total. The van der Waals surface area contributed by atoms with Gasteiger partial charge in [0.05, 0.1) is 18.1 Å². The number of carbonyl (C=O) groups is 2. The quantitative estimate of drug-likeness (QED) is 0.287. The van der Waals surface area contributed by atoms with Crippen molar-refractivity contribution in [3.8, 4) is 11.5 Å². The standard InChI is InChI=1S/C31H28FNO6S/c1-4-37-25-16-21(12-15-24(25)39-18-20-10-13-22(32)14-11-20)17-26-28(34)27(31(36)38-5-2)30(40-26)33-29(35)23-9-7-6-8-19(23)3/h6-17,34H,4-5,18H2,1-3H3/b26-17-,33-30?. The van der Waals surface area contributed by atoms with Gasteiger partial charge in [-0.3, -0.25) is 4.79 Å². The molecule has 0 radical (unpaired) electrons. The van der Waals surface area contributed by atoms with Crippen molar-refractivity contribution in [3.05, 3.63) is 111 Å². The fourth-order valence-electron chi connectivity index (χ4n) is 3.85. The Morgan fingerprint density at radius 2 is 1.73 bits per heavy atom. The molecule has 9 heteroatoms. The van der Waals surface area contributed by atoms with Gasteiger partial charge in [-0.1, -0.05) is 48.2 Å². The van der Waals surface area contributed by atoms with Gasteiger partial charge in [0.15, 0.2) is 11.5 Å². The van der Waals surface area contributed by atoms with Crippen LogP contribution in [0.25, 0.3) is 6.08 Å². The molecule has 1 heterocycles. The number of halogens is 1. The summed E-state index contributed by atoms with van der Waals surface area (Å²) >= 11 is 1.000. The number of carbonyl (C=O) groups excluding carboxylic acids is 2. The Balaban J connectivity index is 1.64. The minimum Gasteiger partial charge on any atom is -0.506 e. The minimum atomic E-state index is -0.771. The summed E-state index contributed by atoms with van der Waals surface area (Å²) in [5.74, 6) is -0.985. The summed E-state index contributed by atoms with van der Waals surface area (Å²) < 4.78 is 30.0. The van der Waals surface area contributed by atoms with Crippen LogP contribution in [0.15, 0.2) is 88.0 Å². The molecule has 0 bridgehead atoms. The number of amides is 1. The number of esters is 1.